The van der Waals surface area contributed by atoms with E-state index in [1.807, 2.05) is 0 Å². The average Bonchev–Trinajstić information content (AvgIpc) is 2.76. The van der Waals surface area contributed by atoms with Crippen molar-refractivity contribution in [3.8, 4) is 0 Å². The summed E-state index contributed by atoms with van der Waals surface area (Å²) >= 11 is 0. The standard InChI is InChI=1S/C28H52O4/c1-3-5-7-9-11-12-13-15-21-25-28(31)32-26(22-18-14-10-8-6-4-2)23-19-16-17-20-24-27(29)30/h18,22,26H,3-17,19-21,23-25H2,1-2H3,(H,29,30)/b22-18-. The van der Waals surface area contributed by atoms with E-state index in [0.717, 1.165) is 51.4 Å². The minimum Gasteiger partial charge on any atom is -0.481 e. The highest BCUT2D eigenvalue weighted by Crippen LogP contribution is 2.15. The molecule has 0 fully saturated rings. The lowest BCUT2D eigenvalue weighted by molar-refractivity contribution is -0.147. The number of rotatable bonds is 24. The van der Waals surface area contributed by atoms with E-state index in [9.17, 15) is 9.59 Å². The Balaban J connectivity index is 4.08. The number of allylic oxidation sites excluding steroid dienone is 1. The van der Waals surface area contributed by atoms with E-state index >= 15 is 0 Å². The molecule has 0 aliphatic carbocycles. The molecule has 188 valence electrons. The maximum Gasteiger partial charge on any atom is 0.306 e. The molecular formula is C28H52O4. The lowest BCUT2D eigenvalue weighted by atomic mass is 10.1. The predicted octanol–water partition coefficient (Wildman–Crippen LogP) is 8.77. The minimum atomic E-state index is -0.723. The zero-order chi connectivity index (χ0) is 23.7. The van der Waals surface area contributed by atoms with Gasteiger partial charge in [0.1, 0.15) is 6.10 Å². The van der Waals surface area contributed by atoms with Crippen LogP contribution in [0.3, 0.4) is 0 Å². The quantitative estimate of drug-likeness (QED) is 0.0902. The van der Waals surface area contributed by atoms with Gasteiger partial charge in [-0.3, -0.25) is 9.59 Å². The Morgan fingerprint density at radius 2 is 1.19 bits per heavy atom. The van der Waals surface area contributed by atoms with Crippen LogP contribution in [-0.2, 0) is 14.3 Å². The number of hydrogen-bond donors (Lipinski definition) is 1. The second kappa shape index (κ2) is 24.3. The Labute approximate surface area is 198 Å². The molecule has 32 heavy (non-hydrogen) atoms. The molecule has 0 amide bonds. The number of carbonyl (C=O) groups excluding carboxylic acids is 1. The Morgan fingerprint density at radius 1 is 0.688 bits per heavy atom. The van der Waals surface area contributed by atoms with Crippen molar-refractivity contribution in [3.63, 3.8) is 0 Å². The number of aliphatic carboxylic acids is 1. The lowest BCUT2D eigenvalue weighted by Gasteiger charge is -2.15. The molecule has 0 saturated carbocycles. The van der Waals surface area contributed by atoms with Crippen molar-refractivity contribution in [2.24, 2.45) is 0 Å². The molecular weight excluding hydrogens is 400 g/mol. The summed E-state index contributed by atoms with van der Waals surface area (Å²) in [6.07, 6.45) is 26.6. The van der Waals surface area contributed by atoms with Crippen LogP contribution in [0.15, 0.2) is 12.2 Å². The first kappa shape index (κ1) is 30.7. The first-order valence-corrected chi connectivity index (χ1v) is 13.7. The van der Waals surface area contributed by atoms with Crippen molar-refractivity contribution in [2.45, 2.75) is 155 Å². The van der Waals surface area contributed by atoms with Gasteiger partial charge in [-0.25, -0.2) is 0 Å². The van der Waals surface area contributed by atoms with Crippen molar-refractivity contribution in [1.29, 1.82) is 0 Å². The molecule has 0 aliphatic heterocycles. The molecule has 0 aromatic heterocycles. The van der Waals surface area contributed by atoms with Gasteiger partial charge >= 0.3 is 11.9 Å². The predicted molar refractivity (Wildman–Crippen MR) is 135 cm³/mol. The fourth-order valence-corrected chi connectivity index (χ4v) is 3.91. The number of carboxylic acids is 1. The molecule has 0 bridgehead atoms. The average molecular weight is 453 g/mol. The third-order valence-electron chi connectivity index (χ3n) is 5.97. The molecule has 0 aromatic carbocycles. The Hall–Kier alpha value is -1.32. The second-order valence-electron chi connectivity index (χ2n) is 9.23. The molecule has 1 N–H and O–H groups in total. The number of unbranched alkanes of at least 4 members (excludes halogenated alkanes) is 15. The fourth-order valence-electron chi connectivity index (χ4n) is 3.91. The van der Waals surface area contributed by atoms with Crippen LogP contribution in [0.1, 0.15) is 149 Å². The Bertz CT molecular complexity index is 458. The lowest BCUT2D eigenvalue weighted by Crippen LogP contribution is -2.16. The van der Waals surface area contributed by atoms with E-state index in [0.29, 0.717) is 6.42 Å². The molecule has 0 saturated heterocycles. The highest BCUT2D eigenvalue weighted by molar-refractivity contribution is 5.69. The molecule has 0 radical (unpaired) electrons. The van der Waals surface area contributed by atoms with Gasteiger partial charge in [0.2, 0.25) is 0 Å². The topological polar surface area (TPSA) is 63.6 Å². The van der Waals surface area contributed by atoms with Crippen molar-refractivity contribution in [2.75, 3.05) is 0 Å². The summed E-state index contributed by atoms with van der Waals surface area (Å²) in [6, 6.07) is 0. The number of carbonyl (C=O) groups is 2. The summed E-state index contributed by atoms with van der Waals surface area (Å²) in [7, 11) is 0. The maximum absolute atomic E-state index is 12.3. The van der Waals surface area contributed by atoms with E-state index in [1.54, 1.807) is 0 Å². The SMILES string of the molecule is CCCCCC/C=C\C(CCCCCCC(=O)O)OC(=O)CCCCCCCCCCC. The van der Waals surface area contributed by atoms with Crippen molar-refractivity contribution < 1.29 is 19.4 Å². The Kier molecular flexibility index (Phi) is 23.3. The van der Waals surface area contributed by atoms with Crippen LogP contribution in [0.4, 0.5) is 0 Å². The number of hydrogen-bond acceptors (Lipinski definition) is 3. The summed E-state index contributed by atoms with van der Waals surface area (Å²) in [6.45, 7) is 4.46. The third-order valence-corrected chi connectivity index (χ3v) is 5.97. The largest absolute Gasteiger partial charge is 0.481 e. The molecule has 0 aromatic rings. The molecule has 4 nitrogen and oxygen atoms in total. The highest BCUT2D eigenvalue weighted by atomic mass is 16.5. The minimum absolute atomic E-state index is 0.0699. The van der Waals surface area contributed by atoms with Crippen LogP contribution in [0.5, 0.6) is 0 Å². The first-order valence-electron chi connectivity index (χ1n) is 13.7. The zero-order valence-corrected chi connectivity index (χ0v) is 21.3. The monoisotopic (exact) mass is 452 g/mol. The zero-order valence-electron chi connectivity index (χ0n) is 21.3. The molecule has 4 heteroatoms. The summed E-state index contributed by atoms with van der Waals surface area (Å²) in [5.41, 5.74) is 0. The smallest absolute Gasteiger partial charge is 0.306 e. The van der Waals surface area contributed by atoms with Gasteiger partial charge in [-0.15, -0.1) is 0 Å². The van der Waals surface area contributed by atoms with Gasteiger partial charge in [-0.1, -0.05) is 103 Å². The van der Waals surface area contributed by atoms with E-state index < -0.39 is 5.97 Å². The van der Waals surface area contributed by atoms with Crippen molar-refractivity contribution in [3.05, 3.63) is 12.2 Å². The Morgan fingerprint density at radius 3 is 1.78 bits per heavy atom. The van der Waals surface area contributed by atoms with Gasteiger partial charge in [0.05, 0.1) is 0 Å². The number of esters is 1. The van der Waals surface area contributed by atoms with Crippen LogP contribution in [0.2, 0.25) is 0 Å². The van der Waals surface area contributed by atoms with Crippen molar-refractivity contribution in [1.82, 2.24) is 0 Å². The van der Waals surface area contributed by atoms with E-state index in [4.69, 9.17) is 9.84 Å². The van der Waals surface area contributed by atoms with Crippen LogP contribution in [0, 0.1) is 0 Å². The van der Waals surface area contributed by atoms with Crippen molar-refractivity contribution >= 4 is 11.9 Å². The van der Waals surface area contributed by atoms with Gasteiger partial charge in [0.15, 0.2) is 0 Å². The van der Waals surface area contributed by atoms with Crippen LogP contribution in [-0.4, -0.2) is 23.1 Å². The van der Waals surface area contributed by atoms with Gasteiger partial charge in [-0.05, 0) is 44.6 Å². The summed E-state index contributed by atoms with van der Waals surface area (Å²) in [4.78, 5) is 22.9. The van der Waals surface area contributed by atoms with Crippen LogP contribution >= 0.6 is 0 Å². The number of carboxylic acid groups (broad SMARTS) is 1. The van der Waals surface area contributed by atoms with Crippen LogP contribution in [0.25, 0.3) is 0 Å². The molecule has 0 aliphatic rings. The third kappa shape index (κ3) is 23.3. The number of ether oxygens (including phenoxy) is 1. The van der Waals surface area contributed by atoms with E-state index in [-0.39, 0.29) is 18.5 Å². The molecule has 1 unspecified atom stereocenters. The molecule has 0 rings (SSSR count). The van der Waals surface area contributed by atoms with Gasteiger partial charge in [-0.2, -0.15) is 0 Å². The van der Waals surface area contributed by atoms with Gasteiger partial charge in [0.25, 0.3) is 0 Å². The fraction of sp³-hybridized carbons (Fsp3) is 0.857. The van der Waals surface area contributed by atoms with Crippen LogP contribution < -0.4 is 0 Å². The summed E-state index contributed by atoms with van der Waals surface area (Å²) < 4.78 is 5.78. The molecule has 0 spiro atoms. The normalized spacial score (nSPS) is 12.3. The van der Waals surface area contributed by atoms with Gasteiger partial charge < -0.3 is 9.84 Å². The van der Waals surface area contributed by atoms with E-state index in [2.05, 4.69) is 26.0 Å². The van der Waals surface area contributed by atoms with E-state index in [1.165, 1.54) is 70.6 Å². The summed E-state index contributed by atoms with van der Waals surface area (Å²) in [5, 5.41) is 8.73. The second-order valence-corrected chi connectivity index (χ2v) is 9.23. The maximum atomic E-state index is 12.3. The first-order chi connectivity index (χ1) is 15.6. The van der Waals surface area contributed by atoms with Gasteiger partial charge in [0, 0.05) is 12.8 Å². The molecule has 0 heterocycles. The molecule has 1 atom stereocenters. The highest BCUT2D eigenvalue weighted by Gasteiger charge is 2.11. The summed E-state index contributed by atoms with van der Waals surface area (Å²) in [5.74, 6) is -0.793.